The molecule has 2 heterocycles. The lowest BCUT2D eigenvalue weighted by atomic mass is 10.1. The van der Waals surface area contributed by atoms with Gasteiger partial charge in [-0.3, -0.25) is 9.48 Å². The Morgan fingerprint density at radius 1 is 1.50 bits per heavy atom. The maximum atomic E-state index is 11.7. The third-order valence-electron chi connectivity index (χ3n) is 3.64. The van der Waals surface area contributed by atoms with Gasteiger partial charge in [-0.05, 0) is 12.1 Å². The van der Waals surface area contributed by atoms with Crippen molar-refractivity contribution in [2.24, 2.45) is 7.05 Å². The predicted molar refractivity (Wildman–Crippen MR) is 76.2 cm³/mol. The minimum atomic E-state index is -0.182. The van der Waals surface area contributed by atoms with E-state index in [0.29, 0.717) is 19.7 Å². The van der Waals surface area contributed by atoms with E-state index in [2.05, 4.69) is 11.7 Å². The van der Waals surface area contributed by atoms with Gasteiger partial charge < -0.3 is 9.64 Å². The van der Waals surface area contributed by atoms with Gasteiger partial charge in [0.1, 0.15) is 11.8 Å². The van der Waals surface area contributed by atoms with Crippen LogP contribution in [-0.4, -0.2) is 40.3 Å². The fourth-order valence-electron chi connectivity index (χ4n) is 2.62. The van der Waals surface area contributed by atoms with Gasteiger partial charge in [0, 0.05) is 19.0 Å². The number of carbonyl (C=O) groups excluding carboxylic acids is 1. The van der Waals surface area contributed by atoms with Gasteiger partial charge in [-0.15, -0.1) is 0 Å². The Hall–Kier alpha value is -2.14. The molecule has 1 saturated heterocycles. The SMILES string of the molecule is C=CC(=O)N1CCOC(c2nn(C)c3ccccc23)C1. The van der Waals surface area contributed by atoms with Crippen molar-refractivity contribution < 1.29 is 9.53 Å². The molecule has 1 aromatic heterocycles. The highest BCUT2D eigenvalue weighted by molar-refractivity contribution is 5.87. The highest BCUT2D eigenvalue weighted by Gasteiger charge is 2.27. The molecule has 1 aliphatic rings. The number of carbonyl (C=O) groups is 1. The van der Waals surface area contributed by atoms with Gasteiger partial charge in [-0.2, -0.15) is 5.10 Å². The van der Waals surface area contributed by atoms with E-state index in [0.717, 1.165) is 16.6 Å². The maximum absolute atomic E-state index is 11.7. The molecule has 1 fully saturated rings. The summed E-state index contributed by atoms with van der Waals surface area (Å²) < 4.78 is 7.66. The van der Waals surface area contributed by atoms with Crippen LogP contribution in [0.1, 0.15) is 11.8 Å². The van der Waals surface area contributed by atoms with Crippen LogP contribution in [0.2, 0.25) is 0 Å². The minimum absolute atomic E-state index is 0.0569. The molecule has 1 aromatic carbocycles. The number of aryl methyl sites for hydroxylation is 1. The first kappa shape index (κ1) is 12.9. The molecular formula is C15H17N3O2. The van der Waals surface area contributed by atoms with E-state index in [4.69, 9.17) is 4.74 Å². The van der Waals surface area contributed by atoms with E-state index >= 15 is 0 Å². The number of fused-ring (bicyclic) bond motifs is 1. The average Bonchev–Trinajstić information content (AvgIpc) is 2.84. The normalized spacial score (nSPS) is 19.2. The van der Waals surface area contributed by atoms with E-state index < -0.39 is 0 Å². The highest BCUT2D eigenvalue weighted by atomic mass is 16.5. The van der Waals surface area contributed by atoms with Crippen LogP contribution in [-0.2, 0) is 16.6 Å². The van der Waals surface area contributed by atoms with Gasteiger partial charge in [-0.25, -0.2) is 0 Å². The van der Waals surface area contributed by atoms with Crippen LogP contribution in [0, 0.1) is 0 Å². The van der Waals surface area contributed by atoms with Crippen molar-refractivity contribution in [1.82, 2.24) is 14.7 Å². The summed E-state index contributed by atoms with van der Waals surface area (Å²) in [5, 5.41) is 5.64. The van der Waals surface area contributed by atoms with Gasteiger partial charge in [0.2, 0.25) is 5.91 Å². The molecule has 0 radical (unpaired) electrons. The maximum Gasteiger partial charge on any atom is 0.246 e. The van der Waals surface area contributed by atoms with Crippen LogP contribution in [0.3, 0.4) is 0 Å². The van der Waals surface area contributed by atoms with Crippen molar-refractivity contribution in [1.29, 1.82) is 0 Å². The molecule has 5 nitrogen and oxygen atoms in total. The van der Waals surface area contributed by atoms with Gasteiger partial charge in [0.25, 0.3) is 0 Å². The smallest absolute Gasteiger partial charge is 0.246 e. The lowest BCUT2D eigenvalue weighted by molar-refractivity contribution is -0.133. The van der Waals surface area contributed by atoms with Gasteiger partial charge in [-0.1, -0.05) is 24.8 Å². The Labute approximate surface area is 117 Å². The molecule has 20 heavy (non-hydrogen) atoms. The molecule has 0 aliphatic carbocycles. The Bertz CT molecular complexity index is 662. The number of benzene rings is 1. The first-order valence-electron chi connectivity index (χ1n) is 6.65. The summed E-state index contributed by atoms with van der Waals surface area (Å²) in [6.07, 6.45) is 1.16. The van der Waals surface area contributed by atoms with Crippen LogP contribution in [0.25, 0.3) is 10.9 Å². The number of hydrogen-bond donors (Lipinski definition) is 0. The van der Waals surface area contributed by atoms with Crippen LogP contribution >= 0.6 is 0 Å². The van der Waals surface area contributed by atoms with E-state index in [9.17, 15) is 4.79 Å². The molecule has 104 valence electrons. The highest BCUT2D eigenvalue weighted by Crippen LogP contribution is 2.28. The molecule has 5 heteroatoms. The zero-order chi connectivity index (χ0) is 14.1. The van der Waals surface area contributed by atoms with Gasteiger partial charge >= 0.3 is 0 Å². The van der Waals surface area contributed by atoms with Crippen molar-refractivity contribution in [2.45, 2.75) is 6.10 Å². The number of ether oxygens (including phenoxy) is 1. The quantitative estimate of drug-likeness (QED) is 0.780. The Morgan fingerprint density at radius 3 is 3.10 bits per heavy atom. The van der Waals surface area contributed by atoms with E-state index in [1.54, 1.807) is 4.90 Å². The number of rotatable bonds is 2. The van der Waals surface area contributed by atoms with Crippen molar-refractivity contribution in [2.75, 3.05) is 19.7 Å². The van der Waals surface area contributed by atoms with Crippen LogP contribution in [0.5, 0.6) is 0 Å². The van der Waals surface area contributed by atoms with Crippen molar-refractivity contribution >= 4 is 16.8 Å². The van der Waals surface area contributed by atoms with E-state index in [-0.39, 0.29) is 12.0 Å². The first-order chi connectivity index (χ1) is 9.70. The molecular weight excluding hydrogens is 254 g/mol. The number of amides is 1. The van der Waals surface area contributed by atoms with Crippen molar-refractivity contribution in [3.05, 3.63) is 42.6 Å². The number of nitrogens with zero attached hydrogens (tertiary/aromatic N) is 3. The molecule has 1 aliphatic heterocycles. The summed E-state index contributed by atoms with van der Waals surface area (Å²) in [6.45, 7) is 5.18. The third kappa shape index (κ3) is 2.10. The van der Waals surface area contributed by atoms with Crippen LogP contribution in [0.4, 0.5) is 0 Å². The fraction of sp³-hybridized carbons (Fsp3) is 0.333. The number of morpholine rings is 1. The second-order valence-corrected chi connectivity index (χ2v) is 4.87. The van der Waals surface area contributed by atoms with E-state index in [1.165, 1.54) is 6.08 Å². The van der Waals surface area contributed by atoms with E-state index in [1.807, 2.05) is 36.0 Å². The summed E-state index contributed by atoms with van der Waals surface area (Å²) in [6, 6.07) is 8.04. The second-order valence-electron chi connectivity index (χ2n) is 4.87. The molecule has 1 atom stereocenters. The second kappa shape index (κ2) is 5.09. The van der Waals surface area contributed by atoms with Gasteiger partial charge in [0.05, 0.1) is 18.7 Å². The standard InChI is InChI=1S/C15H17N3O2/c1-3-14(19)18-8-9-20-13(10-18)15-11-6-4-5-7-12(11)17(2)16-15/h3-7,13H,1,8-10H2,2H3. The third-order valence-corrected chi connectivity index (χ3v) is 3.64. The lowest BCUT2D eigenvalue weighted by Crippen LogP contribution is -2.41. The number of aromatic nitrogens is 2. The van der Waals surface area contributed by atoms with Crippen molar-refractivity contribution in [3.8, 4) is 0 Å². The number of hydrogen-bond acceptors (Lipinski definition) is 3. The monoisotopic (exact) mass is 271 g/mol. The molecule has 2 aromatic rings. The van der Waals surface area contributed by atoms with Crippen molar-refractivity contribution in [3.63, 3.8) is 0 Å². The largest absolute Gasteiger partial charge is 0.368 e. The molecule has 0 spiro atoms. The molecule has 0 saturated carbocycles. The lowest BCUT2D eigenvalue weighted by Gasteiger charge is -2.31. The molecule has 3 rings (SSSR count). The van der Waals surface area contributed by atoms with Crippen LogP contribution < -0.4 is 0 Å². The van der Waals surface area contributed by atoms with Gasteiger partial charge in [0.15, 0.2) is 0 Å². The summed E-state index contributed by atoms with van der Waals surface area (Å²) in [5.74, 6) is -0.0569. The zero-order valence-corrected chi connectivity index (χ0v) is 11.5. The fourth-order valence-corrected chi connectivity index (χ4v) is 2.62. The zero-order valence-electron chi connectivity index (χ0n) is 11.5. The molecule has 1 unspecified atom stereocenters. The minimum Gasteiger partial charge on any atom is -0.368 e. The topological polar surface area (TPSA) is 47.4 Å². The Kier molecular flexibility index (Phi) is 3.28. The summed E-state index contributed by atoms with van der Waals surface area (Å²) in [7, 11) is 1.92. The number of para-hydroxylation sites is 1. The Balaban J connectivity index is 1.94. The molecule has 0 N–H and O–H groups in total. The predicted octanol–water partition coefficient (Wildman–Crippen LogP) is 1.66. The summed E-state index contributed by atoms with van der Waals surface area (Å²) >= 11 is 0. The molecule has 0 bridgehead atoms. The first-order valence-corrected chi connectivity index (χ1v) is 6.65. The Morgan fingerprint density at radius 2 is 2.30 bits per heavy atom. The average molecular weight is 271 g/mol. The summed E-state index contributed by atoms with van der Waals surface area (Å²) in [4.78, 5) is 13.5. The van der Waals surface area contributed by atoms with Crippen LogP contribution in [0.15, 0.2) is 36.9 Å². The molecule has 1 amide bonds. The summed E-state index contributed by atoms with van der Waals surface area (Å²) in [5.41, 5.74) is 1.96.